The lowest BCUT2D eigenvalue weighted by atomic mass is 10.1. The van der Waals surface area contributed by atoms with E-state index in [1.807, 2.05) is 4.90 Å². The SMILES string of the molecule is NCCC(=O)N1CC[C@H]2CNC[C@H]21. The minimum absolute atomic E-state index is 0.235. The fourth-order valence-electron chi connectivity index (χ4n) is 2.43. The standard InChI is InChI=1S/C9H17N3O/c10-3-1-9(13)12-4-2-7-5-11-6-8(7)12/h7-8,11H,1-6,10H2/t7-,8+/m0/s1. The summed E-state index contributed by atoms with van der Waals surface area (Å²) >= 11 is 0. The van der Waals surface area contributed by atoms with Crippen LogP contribution in [0.2, 0.25) is 0 Å². The van der Waals surface area contributed by atoms with Crippen LogP contribution >= 0.6 is 0 Å². The third-order valence-electron chi connectivity index (χ3n) is 3.12. The zero-order chi connectivity index (χ0) is 9.26. The summed E-state index contributed by atoms with van der Waals surface area (Å²) in [7, 11) is 0. The molecule has 0 saturated carbocycles. The Morgan fingerprint density at radius 3 is 3.15 bits per heavy atom. The summed E-state index contributed by atoms with van der Waals surface area (Å²) in [6.45, 7) is 3.47. The molecule has 2 aliphatic rings. The molecule has 2 aliphatic heterocycles. The first kappa shape index (κ1) is 8.97. The van der Waals surface area contributed by atoms with Gasteiger partial charge < -0.3 is 16.0 Å². The molecule has 0 aliphatic carbocycles. The van der Waals surface area contributed by atoms with Crippen molar-refractivity contribution in [2.24, 2.45) is 11.7 Å². The first-order valence-corrected chi connectivity index (χ1v) is 5.03. The number of fused-ring (bicyclic) bond motifs is 1. The first-order chi connectivity index (χ1) is 6.33. The van der Waals surface area contributed by atoms with E-state index in [1.165, 1.54) is 0 Å². The average Bonchev–Trinajstić information content (AvgIpc) is 2.62. The molecule has 1 amide bonds. The van der Waals surface area contributed by atoms with E-state index < -0.39 is 0 Å². The number of nitrogens with zero attached hydrogens (tertiary/aromatic N) is 1. The van der Waals surface area contributed by atoms with Crippen molar-refractivity contribution in [1.82, 2.24) is 10.2 Å². The molecule has 4 nitrogen and oxygen atoms in total. The van der Waals surface area contributed by atoms with Crippen molar-refractivity contribution in [2.45, 2.75) is 18.9 Å². The van der Waals surface area contributed by atoms with E-state index in [4.69, 9.17) is 5.73 Å². The van der Waals surface area contributed by atoms with Gasteiger partial charge in [-0.05, 0) is 12.3 Å². The molecule has 4 heteroatoms. The monoisotopic (exact) mass is 183 g/mol. The Kier molecular flexibility index (Phi) is 2.51. The van der Waals surface area contributed by atoms with Crippen LogP contribution in [0.5, 0.6) is 0 Å². The molecule has 2 rings (SSSR count). The van der Waals surface area contributed by atoms with Crippen LogP contribution in [-0.2, 0) is 4.79 Å². The van der Waals surface area contributed by atoms with Gasteiger partial charge in [0.15, 0.2) is 0 Å². The summed E-state index contributed by atoms with van der Waals surface area (Å²) in [4.78, 5) is 13.6. The summed E-state index contributed by atoms with van der Waals surface area (Å²) in [5.41, 5.74) is 5.37. The normalized spacial score (nSPS) is 32.2. The number of likely N-dealkylation sites (tertiary alicyclic amines) is 1. The van der Waals surface area contributed by atoms with Gasteiger partial charge in [0.1, 0.15) is 0 Å². The van der Waals surface area contributed by atoms with Gasteiger partial charge in [0, 0.05) is 38.6 Å². The Morgan fingerprint density at radius 1 is 1.54 bits per heavy atom. The largest absolute Gasteiger partial charge is 0.338 e. The predicted molar refractivity (Wildman–Crippen MR) is 50.1 cm³/mol. The fourth-order valence-corrected chi connectivity index (χ4v) is 2.43. The van der Waals surface area contributed by atoms with Crippen molar-refractivity contribution in [2.75, 3.05) is 26.2 Å². The predicted octanol–water partition coefficient (Wildman–Crippen LogP) is -0.844. The maximum absolute atomic E-state index is 11.6. The zero-order valence-corrected chi connectivity index (χ0v) is 7.83. The van der Waals surface area contributed by atoms with Crippen molar-refractivity contribution in [3.8, 4) is 0 Å². The molecule has 0 radical (unpaired) electrons. The van der Waals surface area contributed by atoms with E-state index in [-0.39, 0.29) is 5.91 Å². The highest BCUT2D eigenvalue weighted by Crippen LogP contribution is 2.27. The lowest BCUT2D eigenvalue weighted by Gasteiger charge is -2.23. The van der Waals surface area contributed by atoms with Crippen LogP contribution in [-0.4, -0.2) is 43.0 Å². The summed E-state index contributed by atoms with van der Waals surface area (Å²) in [6.07, 6.45) is 1.66. The van der Waals surface area contributed by atoms with Crippen molar-refractivity contribution in [3.63, 3.8) is 0 Å². The molecule has 2 heterocycles. The molecular weight excluding hydrogens is 166 g/mol. The maximum atomic E-state index is 11.6. The molecule has 3 N–H and O–H groups in total. The average molecular weight is 183 g/mol. The van der Waals surface area contributed by atoms with Crippen molar-refractivity contribution in [3.05, 3.63) is 0 Å². The number of amides is 1. The number of nitrogens with two attached hydrogens (primary N) is 1. The fraction of sp³-hybridized carbons (Fsp3) is 0.889. The van der Waals surface area contributed by atoms with Gasteiger partial charge in [-0.15, -0.1) is 0 Å². The molecule has 0 bridgehead atoms. The lowest BCUT2D eigenvalue weighted by molar-refractivity contribution is -0.131. The first-order valence-electron chi connectivity index (χ1n) is 5.03. The van der Waals surface area contributed by atoms with Crippen LogP contribution in [0, 0.1) is 5.92 Å². The molecule has 74 valence electrons. The summed E-state index contributed by atoms with van der Waals surface area (Å²) in [5, 5.41) is 3.33. The van der Waals surface area contributed by atoms with Crippen molar-refractivity contribution in [1.29, 1.82) is 0 Å². The van der Waals surface area contributed by atoms with Gasteiger partial charge in [-0.3, -0.25) is 4.79 Å². The highest BCUT2D eigenvalue weighted by atomic mass is 16.2. The van der Waals surface area contributed by atoms with Crippen LogP contribution in [0.15, 0.2) is 0 Å². The molecule has 2 fully saturated rings. The van der Waals surface area contributed by atoms with Gasteiger partial charge >= 0.3 is 0 Å². The van der Waals surface area contributed by atoms with Crippen LogP contribution in [0.3, 0.4) is 0 Å². The summed E-state index contributed by atoms with van der Waals surface area (Å²) in [5.74, 6) is 0.931. The van der Waals surface area contributed by atoms with Crippen LogP contribution in [0.1, 0.15) is 12.8 Å². The minimum atomic E-state index is 0.235. The van der Waals surface area contributed by atoms with Gasteiger partial charge in [-0.25, -0.2) is 0 Å². The van der Waals surface area contributed by atoms with Crippen molar-refractivity contribution >= 4 is 5.91 Å². The van der Waals surface area contributed by atoms with Gasteiger partial charge in [0.05, 0.1) is 0 Å². The van der Waals surface area contributed by atoms with E-state index in [2.05, 4.69) is 5.32 Å². The van der Waals surface area contributed by atoms with E-state index in [0.29, 0.717) is 24.9 Å². The molecule has 2 saturated heterocycles. The molecule has 0 aromatic heterocycles. The number of hydrogen-bond donors (Lipinski definition) is 2. The number of carbonyl (C=O) groups is 1. The van der Waals surface area contributed by atoms with E-state index >= 15 is 0 Å². The molecule has 13 heavy (non-hydrogen) atoms. The number of nitrogens with one attached hydrogen (secondary N) is 1. The Labute approximate surface area is 78.5 Å². The second-order valence-corrected chi connectivity index (χ2v) is 3.90. The Bertz CT molecular complexity index is 207. The van der Waals surface area contributed by atoms with E-state index in [1.54, 1.807) is 0 Å². The molecule has 0 spiro atoms. The quantitative estimate of drug-likeness (QED) is 0.586. The second-order valence-electron chi connectivity index (χ2n) is 3.90. The minimum Gasteiger partial charge on any atom is -0.338 e. The molecule has 2 atom stereocenters. The van der Waals surface area contributed by atoms with Crippen molar-refractivity contribution < 1.29 is 4.79 Å². The van der Waals surface area contributed by atoms with Crippen LogP contribution in [0.25, 0.3) is 0 Å². The van der Waals surface area contributed by atoms with Crippen LogP contribution < -0.4 is 11.1 Å². The molecule has 0 aromatic rings. The Balaban J connectivity index is 1.96. The maximum Gasteiger partial charge on any atom is 0.224 e. The van der Waals surface area contributed by atoms with Gasteiger partial charge in [-0.1, -0.05) is 0 Å². The highest BCUT2D eigenvalue weighted by molar-refractivity contribution is 5.77. The molecule has 0 aromatic carbocycles. The lowest BCUT2D eigenvalue weighted by Crippen LogP contribution is -2.39. The molecule has 0 unspecified atom stereocenters. The van der Waals surface area contributed by atoms with E-state index in [0.717, 1.165) is 26.1 Å². The Hall–Kier alpha value is -0.610. The smallest absolute Gasteiger partial charge is 0.224 e. The van der Waals surface area contributed by atoms with Gasteiger partial charge in [0.2, 0.25) is 5.91 Å². The third kappa shape index (κ3) is 1.56. The summed E-state index contributed by atoms with van der Waals surface area (Å²) < 4.78 is 0. The molecular formula is C9H17N3O. The number of carbonyl (C=O) groups excluding carboxylic acids is 1. The van der Waals surface area contributed by atoms with Gasteiger partial charge in [0.25, 0.3) is 0 Å². The highest BCUT2D eigenvalue weighted by Gasteiger charge is 2.39. The number of hydrogen-bond acceptors (Lipinski definition) is 3. The summed E-state index contributed by atoms with van der Waals surface area (Å²) in [6, 6.07) is 0.457. The van der Waals surface area contributed by atoms with Crippen LogP contribution in [0.4, 0.5) is 0 Å². The second kappa shape index (κ2) is 3.64. The van der Waals surface area contributed by atoms with Gasteiger partial charge in [-0.2, -0.15) is 0 Å². The Morgan fingerprint density at radius 2 is 2.38 bits per heavy atom. The zero-order valence-electron chi connectivity index (χ0n) is 7.83. The number of rotatable bonds is 2. The third-order valence-corrected chi connectivity index (χ3v) is 3.12. The van der Waals surface area contributed by atoms with E-state index in [9.17, 15) is 4.79 Å². The topological polar surface area (TPSA) is 58.4 Å².